The highest BCUT2D eigenvalue weighted by Crippen LogP contribution is 2.30. The van der Waals surface area contributed by atoms with Gasteiger partial charge in [0.15, 0.2) is 0 Å². The molecule has 0 aliphatic heterocycles. The van der Waals surface area contributed by atoms with E-state index in [0.29, 0.717) is 12.1 Å². The maximum absolute atomic E-state index is 14.2. The van der Waals surface area contributed by atoms with Crippen molar-refractivity contribution in [2.75, 3.05) is 6.54 Å². The van der Waals surface area contributed by atoms with Crippen LogP contribution in [0.4, 0.5) is 13.2 Å². The normalized spacial score (nSPS) is 12.4. The van der Waals surface area contributed by atoms with Crippen LogP contribution in [0, 0.1) is 17.5 Å². The minimum Gasteiger partial charge on any atom is -0.306 e. The Morgan fingerprint density at radius 2 is 2.00 bits per heavy atom. The summed E-state index contributed by atoms with van der Waals surface area (Å²) in [4.78, 5) is 3.72. The molecule has 1 aromatic heterocycles. The van der Waals surface area contributed by atoms with Gasteiger partial charge < -0.3 is 5.32 Å². The van der Waals surface area contributed by atoms with Crippen LogP contribution in [0.15, 0.2) is 35.1 Å². The Morgan fingerprint density at radius 3 is 2.65 bits per heavy atom. The van der Waals surface area contributed by atoms with Gasteiger partial charge in [-0.3, -0.25) is 4.98 Å². The number of nitrogens with zero attached hydrogens (tertiary/aromatic N) is 1. The van der Waals surface area contributed by atoms with E-state index < -0.39 is 23.5 Å². The Morgan fingerprint density at radius 1 is 1.25 bits per heavy atom. The topological polar surface area (TPSA) is 24.9 Å². The summed E-state index contributed by atoms with van der Waals surface area (Å²) in [6.45, 7) is 2.26. The minimum absolute atomic E-state index is 0.154. The highest BCUT2D eigenvalue weighted by molar-refractivity contribution is 9.10. The lowest BCUT2D eigenvalue weighted by Gasteiger charge is -2.20. The van der Waals surface area contributed by atoms with Crippen LogP contribution in [0.1, 0.15) is 24.1 Å². The second-order valence-corrected chi connectivity index (χ2v) is 5.04. The summed E-state index contributed by atoms with van der Waals surface area (Å²) in [5, 5.41) is 2.94. The first-order valence-electron chi connectivity index (χ1n) is 6.01. The van der Waals surface area contributed by atoms with E-state index in [1.54, 1.807) is 6.92 Å². The third kappa shape index (κ3) is 3.02. The first-order chi connectivity index (χ1) is 9.54. The minimum atomic E-state index is -0.805. The zero-order chi connectivity index (χ0) is 14.7. The van der Waals surface area contributed by atoms with Gasteiger partial charge in [0.25, 0.3) is 0 Å². The zero-order valence-corrected chi connectivity index (χ0v) is 12.2. The number of benzene rings is 1. The van der Waals surface area contributed by atoms with Crippen LogP contribution < -0.4 is 5.32 Å². The number of hydrogen-bond acceptors (Lipinski definition) is 2. The van der Waals surface area contributed by atoms with Gasteiger partial charge in [0.1, 0.15) is 17.5 Å². The third-order valence-corrected chi connectivity index (χ3v) is 3.45. The molecule has 0 radical (unpaired) electrons. The van der Waals surface area contributed by atoms with Crippen molar-refractivity contribution in [3.63, 3.8) is 0 Å². The van der Waals surface area contributed by atoms with Crippen LogP contribution in [0.3, 0.4) is 0 Å². The Bertz CT molecular complexity index is 619. The van der Waals surface area contributed by atoms with Crippen LogP contribution >= 0.6 is 15.9 Å². The summed E-state index contributed by atoms with van der Waals surface area (Å²) in [6.07, 6.45) is 2.43. The second-order valence-electron chi connectivity index (χ2n) is 4.18. The van der Waals surface area contributed by atoms with Gasteiger partial charge in [-0.2, -0.15) is 0 Å². The van der Waals surface area contributed by atoms with Crippen LogP contribution in [0.5, 0.6) is 0 Å². The van der Waals surface area contributed by atoms with Gasteiger partial charge in [-0.05, 0) is 46.2 Å². The summed E-state index contributed by atoms with van der Waals surface area (Å²) >= 11 is 3.03. The quantitative estimate of drug-likeness (QED) is 0.849. The Balaban J connectivity index is 2.57. The van der Waals surface area contributed by atoms with E-state index in [-0.39, 0.29) is 10.0 Å². The van der Waals surface area contributed by atoms with E-state index in [4.69, 9.17) is 0 Å². The van der Waals surface area contributed by atoms with E-state index in [2.05, 4.69) is 26.2 Å². The zero-order valence-electron chi connectivity index (χ0n) is 10.6. The monoisotopic (exact) mass is 344 g/mol. The van der Waals surface area contributed by atoms with Gasteiger partial charge >= 0.3 is 0 Å². The Hall–Kier alpha value is -1.40. The SMILES string of the molecule is CCNC(c1cncc(F)c1)c1c(F)ccc(Br)c1F. The van der Waals surface area contributed by atoms with Crippen LogP contribution in [0.25, 0.3) is 0 Å². The summed E-state index contributed by atoms with van der Waals surface area (Å²) in [5.74, 6) is -1.96. The largest absolute Gasteiger partial charge is 0.306 e. The third-order valence-electron chi connectivity index (χ3n) is 2.84. The lowest BCUT2D eigenvalue weighted by atomic mass is 9.99. The molecule has 20 heavy (non-hydrogen) atoms. The van der Waals surface area contributed by atoms with Crippen LogP contribution in [0.2, 0.25) is 0 Å². The highest BCUT2D eigenvalue weighted by Gasteiger charge is 2.23. The summed E-state index contributed by atoms with van der Waals surface area (Å²) in [6, 6.07) is 2.86. The predicted octanol–water partition coefficient (Wildman–Crippen LogP) is 3.96. The lowest BCUT2D eigenvalue weighted by molar-refractivity contribution is 0.504. The average molecular weight is 345 g/mol. The van der Waals surface area contributed by atoms with Crippen molar-refractivity contribution in [2.45, 2.75) is 13.0 Å². The molecule has 0 saturated carbocycles. The van der Waals surface area contributed by atoms with Gasteiger partial charge in [-0.1, -0.05) is 6.92 Å². The van der Waals surface area contributed by atoms with Gasteiger partial charge in [0.2, 0.25) is 0 Å². The number of halogens is 4. The molecule has 1 unspecified atom stereocenters. The molecule has 1 aromatic carbocycles. The fraction of sp³-hybridized carbons (Fsp3) is 0.214. The molecule has 106 valence electrons. The number of aromatic nitrogens is 1. The molecule has 2 rings (SSSR count). The standard InChI is InChI=1S/C14H12BrF3N2/c1-2-20-14(8-5-9(16)7-19-6-8)12-11(17)4-3-10(15)13(12)18/h3-7,14,20H,2H2,1H3. The van der Waals surface area contributed by atoms with E-state index in [0.717, 1.165) is 6.20 Å². The van der Waals surface area contributed by atoms with Crippen LogP contribution in [-0.2, 0) is 0 Å². The van der Waals surface area contributed by atoms with Gasteiger partial charge in [-0.15, -0.1) is 0 Å². The molecule has 0 saturated heterocycles. The van der Waals surface area contributed by atoms with E-state index in [1.165, 1.54) is 24.4 Å². The molecule has 0 fully saturated rings. The van der Waals surface area contributed by atoms with Gasteiger partial charge in [-0.25, -0.2) is 13.2 Å². The van der Waals surface area contributed by atoms with Gasteiger partial charge in [0, 0.05) is 11.8 Å². The molecule has 0 spiro atoms. The van der Waals surface area contributed by atoms with Crippen molar-refractivity contribution < 1.29 is 13.2 Å². The van der Waals surface area contributed by atoms with E-state index in [1.807, 2.05) is 0 Å². The van der Waals surface area contributed by atoms with Crippen molar-refractivity contribution in [2.24, 2.45) is 0 Å². The van der Waals surface area contributed by atoms with Crippen LogP contribution in [-0.4, -0.2) is 11.5 Å². The smallest absolute Gasteiger partial charge is 0.145 e. The molecule has 2 aromatic rings. The fourth-order valence-electron chi connectivity index (χ4n) is 1.98. The fourth-order valence-corrected chi connectivity index (χ4v) is 2.33. The molecule has 2 nitrogen and oxygen atoms in total. The molecule has 1 heterocycles. The van der Waals surface area contributed by atoms with E-state index >= 15 is 0 Å². The maximum Gasteiger partial charge on any atom is 0.145 e. The Kier molecular flexibility index (Phi) is 4.77. The summed E-state index contributed by atoms with van der Waals surface area (Å²) < 4.78 is 41.6. The first-order valence-corrected chi connectivity index (χ1v) is 6.81. The van der Waals surface area contributed by atoms with Gasteiger partial charge in [0.05, 0.1) is 16.7 Å². The molecular weight excluding hydrogens is 333 g/mol. The summed E-state index contributed by atoms with van der Waals surface area (Å²) in [5.41, 5.74) is 0.205. The lowest BCUT2D eigenvalue weighted by Crippen LogP contribution is -2.24. The predicted molar refractivity (Wildman–Crippen MR) is 73.8 cm³/mol. The maximum atomic E-state index is 14.2. The van der Waals surface area contributed by atoms with E-state index in [9.17, 15) is 13.2 Å². The van der Waals surface area contributed by atoms with Crippen molar-refractivity contribution in [1.29, 1.82) is 0 Å². The molecule has 0 bridgehead atoms. The molecular formula is C14H12BrF3N2. The first kappa shape index (κ1) is 15.0. The van der Waals surface area contributed by atoms with Crippen molar-refractivity contribution in [1.82, 2.24) is 10.3 Å². The Labute approximate surface area is 123 Å². The number of nitrogens with one attached hydrogen (secondary N) is 1. The number of rotatable bonds is 4. The molecule has 0 aliphatic rings. The second kappa shape index (κ2) is 6.37. The molecule has 1 atom stereocenters. The van der Waals surface area contributed by atoms with Crippen molar-refractivity contribution >= 4 is 15.9 Å². The molecule has 0 amide bonds. The number of pyridine rings is 1. The average Bonchev–Trinajstić information content (AvgIpc) is 2.42. The highest BCUT2D eigenvalue weighted by atomic mass is 79.9. The molecule has 1 N–H and O–H groups in total. The number of hydrogen-bond donors (Lipinski definition) is 1. The molecule has 6 heteroatoms. The molecule has 0 aliphatic carbocycles. The summed E-state index contributed by atoms with van der Waals surface area (Å²) in [7, 11) is 0. The van der Waals surface area contributed by atoms with Crippen molar-refractivity contribution in [3.8, 4) is 0 Å². The van der Waals surface area contributed by atoms with Crippen molar-refractivity contribution in [3.05, 3.63) is 63.6 Å².